The predicted molar refractivity (Wildman–Crippen MR) is 194 cm³/mol. The molecule has 0 aromatic carbocycles. The molecule has 4 saturated heterocycles. The van der Waals surface area contributed by atoms with Gasteiger partial charge in [0.15, 0.2) is 28.5 Å². The summed E-state index contributed by atoms with van der Waals surface area (Å²) in [6.07, 6.45) is -5.22. The molecule has 324 valence electrons. The van der Waals surface area contributed by atoms with Crippen molar-refractivity contribution < 1.29 is 81.2 Å². The van der Waals surface area contributed by atoms with Crippen LogP contribution in [0.5, 0.6) is 0 Å². The van der Waals surface area contributed by atoms with Gasteiger partial charge in [0.05, 0.1) is 49.9 Å². The fourth-order valence-electron chi connectivity index (χ4n) is 13.5. The molecule has 0 radical (unpaired) electrons. The van der Waals surface area contributed by atoms with Crippen molar-refractivity contribution in [2.75, 3.05) is 7.11 Å². The molecule has 17 nitrogen and oxygen atoms in total. The van der Waals surface area contributed by atoms with Crippen molar-refractivity contribution in [3.8, 4) is 0 Å². The maximum Gasteiger partial charge on any atom is 0.341 e. The lowest BCUT2D eigenvalue weighted by Crippen LogP contribution is -2.99. The van der Waals surface area contributed by atoms with E-state index < -0.39 is 147 Å². The van der Waals surface area contributed by atoms with Crippen LogP contribution in [-0.4, -0.2) is 111 Å². The van der Waals surface area contributed by atoms with Crippen molar-refractivity contribution in [1.82, 2.24) is 0 Å². The van der Waals surface area contributed by atoms with E-state index in [9.17, 15) is 34.2 Å². The second kappa shape index (κ2) is 11.6. The molecule has 9 rings (SSSR count). The largest absolute Gasteiger partial charge is 0.472 e. The molecule has 4 aliphatic carbocycles. The summed E-state index contributed by atoms with van der Waals surface area (Å²) in [5, 5.41) is 28.0. The van der Waals surface area contributed by atoms with E-state index in [-0.39, 0.29) is 6.42 Å². The molecule has 8 fully saturated rings. The predicted octanol–water partition coefficient (Wildman–Crippen LogP) is 2.95. The third-order valence-corrected chi connectivity index (χ3v) is 16.4. The monoisotopic (exact) mass is 830 g/mol. The van der Waals surface area contributed by atoms with Gasteiger partial charge in [0.2, 0.25) is 0 Å². The van der Waals surface area contributed by atoms with Gasteiger partial charge in [0, 0.05) is 28.7 Å². The van der Waals surface area contributed by atoms with Crippen LogP contribution in [-0.2, 0) is 66.6 Å². The molecule has 17 heteroatoms. The Labute approximate surface area is 340 Å². The number of carbonyl (C=O) groups excluding carboxylic acids is 5. The molecular weight excluding hydrogens is 776 g/mol. The van der Waals surface area contributed by atoms with E-state index in [2.05, 4.69) is 0 Å². The van der Waals surface area contributed by atoms with Crippen LogP contribution in [0.4, 0.5) is 0 Å². The van der Waals surface area contributed by atoms with Gasteiger partial charge in [0.1, 0.15) is 29.5 Å². The number of rotatable bonds is 9. The molecule has 17 unspecified atom stereocenters. The average molecular weight is 831 g/mol. The number of methoxy groups -OCH3 is 1. The van der Waals surface area contributed by atoms with E-state index in [0.29, 0.717) is 12.0 Å². The van der Waals surface area contributed by atoms with Crippen LogP contribution in [0.3, 0.4) is 0 Å². The molecular formula is C42H54O17. The molecule has 4 saturated carbocycles. The number of carbonyl (C=O) groups is 5. The summed E-state index contributed by atoms with van der Waals surface area (Å²) in [5.74, 6) is -9.26. The first-order valence-electron chi connectivity index (χ1n) is 20.5. The standard InChI is InChI=1S/C42H54O17/c1-12-20(4)28(45)52-23-15-34(7)26(22-13-14-51-17-22)53-24(43)16-39(34)42-31(54-27(44)19(2)3)40(49)30(55-32(47)35(8)21(5)56-35)33(6)18-38(40,48)36(9,25(33)29(46)50-11)41(23,42)58-37(10,57-39)59-42/h13-14,17,19-21,23,25-26,30-31,48-49H,12,15-16,18H2,1-11H3. The van der Waals surface area contributed by atoms with Gasteiger partial charge >= 0.3 is 29.8 Å². The van der Waals surface area contributed by atoms with E-state index in [1.807, 2.05) is 6.92 Å². The quantitative estimate of drug-likeness (QED) is 0.207. The molecule has 0 amide bonds. The fourth-order valence-corrected chi connectivity index (χ4v) is 13.5. The molecule has 8 aliphatic rings. The Morgan fingerprint density at radius 1 is 0.932 bits per heavy atom. The topological polar surface area (TPSA) is 225 Å². The van der Waals surface area contributed by atoms with Crippen molar-refractivity contribution in [3.05, 3.63) is 24.2 Å². The SMILES string of the molecule is CCC(C)C(=O)OC1CC2(C)C(c3ccoc3)OC(=O)CC23OC2(C)OC34C(OC(=O)C(C)C)C3(O)C(OC(=O)C5(C)OC5C)C5(C)CC3(O)C(C)(C5C(=O)OC)C14O2. The number of cyclic esters (lactones) is 1. The second-order valence-corrected chi connectivity index (χ2v) is 19.6. The summed E-state index contributed by atoms with van der Waals surface area (Å²) >= 11 is 0. The molecule has 59 heavy (non-hydrogen) atoms. The summed E-state index contributed by atoms with van der Waals surface area (Å²) in [4.78, 5) is 71.8. The van der Waals surface area contributed by atoms with E-state index in [1.54, 1.807) is 47.6 Å². The minimum absolute atomic E-state index is 0.189. The first kappa shape index (κ1) is 40.8. The molecule has 2 spiro atoms. The number of furan rings is 1. The van der Waals surface area contributed by atoms with Gasteiger partial charge in [-0.25, -0.2) is 4.79 Å². The Balaban J connectivity index is 1.42. The lowest BCUT2D eigenvalue weighted by molar-refractivity contribution is -0.478. The lowest BCUT2D eigenvalue weighted by atomic mass is 9.32. The minimum Gasteiger partial charge on any atom is -0.472 e. The summed E-state index contributed by atoms with van der Waals surface area (Å²) in [5.41, 5.74) is -18.6. The molecule has 17 atom stereocenters. The Kier molecular flexibility index (Phi) is 8.05. The first-order valence-corrected chi connectivity index (χ1v) is 20.5. The normalized spacial score (nSPS) is 52.3. The summed E-state index contributed by atoms with van der Waals surface area (Å²) in [6.45, 7) is 16.1. The number of epoxide rings is 1. The van der Waals surface area contributed by atoms with Gasteiger partial charge in [-0.3, -0.25) is 19.2 Å². The number of esters is 5. The van der Waals surface area contributed by atoms with Crippen molar-refractivity contribution in [2.45, 2.75) is 165 Å². The third kappa shape index (κ3) is 4.12. The van der Waals surface area contributed by atoms with Gasteiger partial charge in [-0.1, -0.05) is 48.5 Å². The Bertz CT molecular complexity index is 2050. The molecule has 1 aromatic rings. The van der Waals surface area contributed by atoms with E-state index in [4.69, 9.17) is 47.0 Å². The highest BCUT2D eigenvalue weighted by Crippen LogP contribution is 2.89. The van der Waals surface area contributed by atoms with Crippen molar-refractivity contribution in [2.24, 2.45) is 34.0 Å². The van der Waals surface area contributed by atoms with Gasteiger partial charge in [-0.2, -0.15) is 0 Å². The summed E-state index contributed by atoms with van der Waals surface area (Å²) < 4.78 is 63.6. The number of ether oxygens (including phenoxy) is 9. The van der Waals surface area contributed by atoms with Crippen molar-refractivity contribution >= 4 is 29.8 Å². The van der Waals surface area contributed by atoms with Crippen LogP contribution >= 0.6 is 0 Å². The highest BCUT2D eigenvalue weighted by molar-refractivity contribution is 5.84. The minimum atomic E-state index is -2.86. The van der Waals surface area contributed by atoms with Crippen LogP contribution in [0.15, 0.2) is 23.0 Å². The summed E-state index contributed by atoms with van der Waals surface area (Å²) in [6, 6.07) is 1.61. The lowest BCUT2D eigenvalue weighted by Gasteiger charge is -2.78. The second-order valence-electron chi connectivity index (χ2n) is 19.6. The first-order chi connectivity index (χ1) is 27.3. The van der Waals surface area contributed by atoms with Crippen molar-refractivity contribution in [1.29, 1.82) is 0 Å². The van der Waals surface area contributed by atoms with E-state index in [1.165, 1.54) is 33.3 Å². The average Bonchev–Trinajstić information content (AvgIpc) is 3.62. The Morgan fingerprint density at radius 3 is 2.17 bits per heavy atom. The van der Waals surface area contributed by atoms with E-state index >= 15 is 0 Å². The fraction of sp³-hybridized carbons (Fsp3) is 0.786. The Hall–Kier alpha value is -3.61. The highest BCUT2D eigenvalue weighted by Gasteiger charge is 3.07. The van der Waals surface area contributed by atoms with Crippen LogP contribution in [0.2, 0.25) is 0 Å². The van der Waals surface area contributed by atoms with Crippen LogP contribution < -0.4 is 0 Å². The third-order valence-electron chi connectivity index (χ3n) is 16.4. The Morgan fingerprint density at radius 2 is 1.59 bits per heavy atom. The molecule has 2 N–H and O–H groups in total. The van der Waals surface area contributed by atoms with Gasteiger partial charge in [-0.05, 0) is 39.2 Å². The van der Waals surface area contributed by atoms with Crippen LogP contribution in [0, 0.1) is 34.0 Å². The maximum atomic E-state index is 14.7. The molecule has 4 bridgehead atoms. The maximum absolute atomic E-state index is 14.7. The van der Waals surface area contributed by atoms with E-state index in [0.717, 1.165) is 7.11 Å². The number of hydrogen-bond donors (Lipinski definition) is 2. The summed E-state index contributed by atoms with van der Waals surface area (Å²) in [7, 11) is 1.16. The van der Waals surface area contributed by atoms with Crippen molar-refractivity contribution in [3.63, 3.8) is 0 Å². The van der Waals surface area contributed by atoms with Crippen LogP contribution in [0.25, 0.3) is 0 Å². The molecule has 5 heterocycles. The molecule has 1 aromatic heterocycles. The number of fused-ring (bicyclic) bond motifs is 2. The van der Waals surface area contributed by atoms with Crippen LogP contribution in [0.1, 0.15) is 107 Å². The van der Waals surface area contributed by atoms with Gasteiger partial charge in [-0.15, -0.1) is 0 Å². The zero-order chi connectivity index (χ0) is 43.1. The highest BCUT2D eigenvalue weighted by atomic mass is 17.0. The van der Waals surface area contributed by atoms with Gasteiger partial charge < -0.3 is 57.3 Å². The number of hydrogen-bond acceptors (Lipinski definition) is 17. The molecule has 4 aliphatic heterocycles. The number of aliphatic hydroxyl groups is 2. The zero-order valence-corrected chi connectivity index (χ0v) is 35.2. The zero-order valence-electron chi connectivity index (χ0n) is 35.2. The van der Waals surface area contributed by atoms with Gasteiger partial charge in [0.25, 0.3) is 5.97 Å². The smallest absolute Gasteiger partial charge is 0.341 e.